The first-order valence-corrected chi connectivity index (χ1v) is 8.12. The summed E-state index contributed by atoms with van der Waals surface area (Å²) in [6.45, 7) is 16.6. The van der Waals surface area contributed by atoms with Gasteiger partial charge in [0.2, 0.25) is 0 Å². The SMILES string of the molecule is C=CCOC1(CC=C)CCC2=C1CCC2(CC=C)OCC=C. The number of rotatable bonds is 10. The van der Waals surface area contributed by atoms with E-state index in [2.05, 4.69) is 26.3 Å². The van der Waals surface area contributed by atoms with Gasteiger partial charge in [-0.05, 0) is 49.7 Å². The Bertz CT molecular complexity index is 444. The number of hydrogen-bond acceptors (Lipinski definition) is 2. The summed E-state index contributed by atoms with van der Waals surface area (Å²) in [6, 6.07) is 0. The zero-order chi connectivity index (χ0) is 16.1. The van der Waals surface area contributed by atoms with E-state index in [9.17, 15) is 0 Å². The zero-order valence-corrected chi connectivity index (χ0v) is 13.6. The third-order valence-corrected chi connectivity index (χ3v) is 4.93. The first-order valence-electron chi connectivity index (χ1n) is 8.12. The molecule has 0 aromatic rings. The van der Waals surface area contributed by atoms with Crippen LogP contribution in [0.1, 0.15) is 38.5 Å². The minimum Gasteiger partial charge on any atom is -0.366 e. The molecule has 120 valence electrons. The molecular weight excluding hydrogens is 272 g/mol. The van der Waals surface area contributed by atoms with Crippen molar-refractivity contribution in [3.8, 4) is 0 Å². The summed E-state index contributed by atoms with van der Waals surface area (Å²) in [5.74, 6) is 0. The van der Waals surface area contributed by atoms with Gasteiger partial charge in [-0.1, -0.05) is 24.3 Å². The second kappa shape index (κ2) is 7.26. The lowest BCUT2D eigenvalue weighted by atomic mass is 9.88. The van der Waals surface area contributed by atoms with Crippen molar-refractivity contribution in [3.63, 3.8) is 0 Å². The lowest BCUT2D eigenvalue weighted by molar-refractivity contribution is -0.0108. The van der Waals surface area contributed by atoms with Crippen LogP contribution in [0.15, 0.2) is 61.8 Å². The molecule has 0 aliphatic heterocycles. The summed E-state index contributed by atoms with van der Waals surface area (Å²) in [5.41, 5.74) is 2.46. The highest BCUT2D eigenvalue weighted by Gasteiger charge is 2.51. The molecule has 2 aliphatic carbocycles. The maximum Gasteiger partial charge on any atom is 0.0936 e. The van der Waals surface area contributed by atoms with E-state index in [1.54, 1.807) is 0 Å². The molecule has 0 heterocycles. The smallest absolute Gasteiger partial charge is 0.0936 e. The van der Waals surface area contributed by atoms with Crippen LogP contribution in [0.5, 0.6) is 0 Å². The molecule has 2 rings (SSSR count). The van der Waals surface area contributed by atoms with Gasteiger partial charge in [0.1, 0.15) is 0 Å². The fourth-order valence-corrected chi connectivity index (χ4v) is 4.05. The van der Waals surface area contributed by atoms with Gasteiger partial charge in [-0.15, -0.1) is 26.3 Å². The monoisotopic (exact) mass is 300 g/mol. The highest BCUT2D eigenvalue weighted by Crippen LogP contribution is 2.55. The molecule has 2 aliphatic rings. The molecule has 0 saturated carbocycles. The first kappa shape index (κ1) is 17.0. The van der Waals surface area contributed by atoms with Crippen LogP contribution < -0.4 is 0 Å². The summed E-state index contributed by atoms with van der Waals surface area (Å²) in [5, 5.41) is 0. The predicted molar refractivity (Wildman–Crippen MR) is 92.9 cm³/mol. The number of hydrogen-bond donors (Lipinski definition) is 0. The molecule has 0 spiro atoms. The molecule has 0 fully saturated rings. The Balaban J connectivity index is 2.34. The van der Waals surface area contributed by atoms with E-state index in [1.807, 2.05) is 24.3 Å². The Morgan fingerprint density at radius 1 is 0.727 bits per heavy atom. The molecule has 0 aromatic carbocycles. The molecule has 0 N–H and O–H groups in total. The van der Waals surface area contributed by atoms with Crippen molar-refractivity contribution in [2.45, 2.75) is 49.7 Å². The first-order chi connectivity index (χ1) is 10.7. The molecule has 0 amide bonds. The normalized spacial score (nSPS) is 30.2. The third kappa shape index (κ3) is 2.90. The Morgan fingerprint density at radius 2 is 1.14 bits per heavy atom. The van der Waals surface area contributed by atoms with Crippen molar-refractivity contribution >= 4 is 0 Å². The Morgan fingerprint density at radius 3 is 1.45 bits per heavy atom. The lowest BCUT2D eigenvalue weighted by Crippen LogP contribution is -2.32. The third-order valence-electron chi connectivity index (χ3n) is 4.93. The van der Waals surface area contributed by atoms with Crippen molar-refractivity contribution in [3.05, 3.63) is 61.8 Å². The van der Waals surface area contributed by atoms with E-state index in [0.29, 0.717) is 13.2 Å². The molecule has 0 radical (unpaired) electrons. The standard InChI is InChI=1S/C20H28O2/c1-5-11-19(21-15-7-3)13-9-18-17(19)10-14-20(18,12-6-2)22-16-8-4/h5-8H,1-4,9-16H2. The maximum absolute atomic E-state index is 6.22. The average Bonchev–Trinajstić information content (AvgIpc) is 3.05. The Hall–Kier alpha value is -1.38. The van der Waals surface area contributed by atoms with E-state index in [-0.39, 0.29) is 11.2 Å². The fourth-order valence-electron chi connectivity index (χ4n) is 4.05. The minimum atomic E-state index is -0.203. The van der Waals surface area contributed by atoms with Gasteiger partial charge in [0.15, 0.2) is 0 Å². The average molecular weight is 300 g/mol. The quantitative estimate of drug-likeness (QED) is 0.534. The van der Waals surface area contributed by atoms with Crippen LogP contribution in [0, 0.1) is 0 Å². The zero-order valence-electron chi connectivity index (χ0n) is 13.6. The van der Waals surface area contributed by atoms with Crippen LogP contribution >= 0.6 is 0 Å². The molecule has 2 unspecified atom stereocenters. The molecule has 2 heteroatoms. The molecule has 2 nitrogen and oxygen atoms in total. The van der Waals surface area contributed by atoms with Gasteiger partial charge in [-0.3, -0.25) is 0 Å². The summed E-state index contributed by atoms with van der Waals surface area (Å²) >= 11 is 0. The Labute approximate surface area is 134 Å². The van der Waals surface area contributed by atoms with Crippen molar-refractivity contribution in [2.75, 3.05) is 13.2 Å². The molecule has 2 atom stereocenters. The van der Waals surface area contributed by atoms with Crippen LogP contribution in [0.3, 0.4) is 0 Å². The molecule has 22 heavy (non-hydrogen) atoms. The van der Waals surface area contributed by atoms with E-state index < -0.39 is 0 Å². The molecule has 0 bridgehead atoms. The highest BCUT2D eigenvalue weighted by molar-refractivity contribution is 5.42. The molecular formula is C20H28O2. The summed E-state index contributed by atoms with van der Waals surface area (Å²) in [7, 11) is 0. The van der Waals surface area contributed by atoms with Crippen LogP contribution in [0.2, 0.25) is 0 Å². The topological polar surface area (TPSA) is 18.5 Å². The van der Waals surface area contributed by atoms with E-state index in [0.717, 1.165) is 38.5 Å². The fraction of sp³-hybridized carbons (Fsp3) is 0.500. The van der Waals surface area contributed by atoms with Crippen molar-refractivity contribution < 1.29 is 9.47 Å². The second-order valence-electron chi connectivity index (χ2n) is 6.13. The van der Waals surface area contributed by atoms with Crippen molar-refractivity contribution in [1.29, 1.82) is 0 Å². The van der Waals surface area contributed by atoms with E-state index in [4.69, 9.17) is 9.47 Å². The van der Waals surface area contributed by atoms with Crippen molar-refractivity contribution in [2.24, 2.45) is 0 Å². The molecule has 0 aromatic heterocycles. The molecule has 0 saturated heterocycles. The summed E-state index contributed by atoms with van der Waals surface area (Å²) in [6.07, 6.45) is 13.4. The minimum absolute atomic E-state index is 0.203. The lowest BCUT2D eigenvalue weighted by Gasteiger charge is -2.32. The van der Waals surface area contributed by atoms with Crippen molar-refractivity contribution in [1.82, 2.24) is 0 Å². The van der Waals surface area contributed by atoms with Gasteiger partial charge < -0.3 is 9.47 Å². The maximum atomic E-state index is 6.22. The summed E-state index contributed by atoms with van der Waals surface area (Å²) in [4.78, 5) is 0. The van der Waals surface area contributed by atoms with E-state index in [1.165, 1.54) is 11.1 Å². The van der Waals surface area contributed by atoms with Gasteiger partial charge >= 0.3 is 0 Å². The van der Waals surface area contributed by atoms with Gasteiger partial charge in [0, 0.05) is 0 Å². The van der Waals surface area contributed by atoms with Gasteiger partial charge in [0.25, 0.3) is 0 Å². The summed E-state index contributed by atoms with van der Waals surface area (Å²) < 4.78 is 12.4. The van der Waals surface area contributed by atoms with Crippen LogP contribution in [-0.4, -0.2) is 24.4 Å². The largest absolute Gasteiger partial charge is 0.366 e. The van der Waals surface area contributed by atoms with Gasteiger partial charge in [-0.25, -0.2) is 0 Å². The van der Waals surface area contributed by atoms with Gasteiger partial charge in [-0.2, -0.15) is 0 Å². The highest BCUT2D eigenvalue weighted by atomic mass is 16.5. The Kier molecular flexibility index (Phi) is 5.60. The second-order valence-corrected chi connectivity index (χ2v) is 6.13. The van der Waals surface area contributed by atoms with Crippen LogP contribution in [0.4, 0.5) is 0 Å². The number of ether oxygens (including phenoxy) is 2. The van der Waals surface area contributed by atoms with E-state index >= 15 is 0 Å². The van der Waals surface area contributed by atoms with Crippen LogP contribution in [0.25, 0.3) is 0 Å². The van der Waals surface area contributed by atoms with Crippen LogP contribution in [-0.2, 0) is 9.47 Å². The van der Waals surface area contributed by atoms with Gasteiger partial charge in [0.05, 0.1) is 24.4 Å². The predicted octanol–water partition coefficient (Wildman–Crippen LogP) is 4.91.